The second-order valence-corrected chi connectivity index (χ2v) is 4.69. The number of rotatable bonds is 6. The molecule has 0 aliphatic heterocycles. The van der Waals surface area contributed by atoms with Crippen LogP contribution in [0.2, 0.25) is 0 Å². The van der Waals surface area contributed by atoms with Crippen LogP contribution in [-0.4, -0.2) is 16.9 Å². The Hall–Kier alpha value is -2.14. The van der Waals surface area contributed by atoms with Crippen LogP contribution in [0.15, 0.2) is 47.3 Å². The highest BCUT2D eigenvalue weighted by Crippen LogP contribution is 2.11. The van der Waals surface area contributed by atoms with Gasteiger partial charge in [-0.25, -0.2) is 0 Å². The quantitative estimate of drug-likeness (QED) is 0.845. The maximum atomic E-state index is 12.0. The summed E-state index contributed by atoms with van der Waals surface area (Å²) in [5.41, 5.74) is 1.10. The number of aromatic nitrogens is 1. The van der Waals surface area contributed by atoms with E-state index < -0.39 is 0 Å². The number of pyridine rings is 1. The van der Waals surface area contributed by atoms with E-state index in [2.05, 4.69) is 15.6 Å². The third-order valence-electron chi connectivity index (χ3n) is 3.12. The average molecular weight is 273 g/mol. The second-order valence-electron chi connectivity index (χ2n) is 4.69. The summed E-state index contributed by atoms with van der Waals surface area (Å²) in [7, 11) is 0. The van der Waals surface area contributed by atoms with E-state index in [0.717, 1.165) is 11.3 Å². The van der Waals surface area contributed by atoms with Gasteiger partial charge in [0.1, 0.15) is 5.76 Å². The van der Waals surface area contributed by atoms with Crippen LogP contribution in [0, 0.1) is 0 Å². The summed E-state index contributed by atoms with van der Waals surface area (Å²) in [6, 6.07) is 7.30. The zero-order valence-electron chi connectivity index (χ0n) is 11.7. The largest absolute Gasteiger partial charge is 0.467 e. The third kappa shape index (κ3) is 3.93. The summed E-state index contributed by atoms with van der Waals surface area (Å²) < 4.78 is 5.17. The summed E-state index contributed by atoms with van der Waals surface area (Å²) in [6.45, 7) is 4.27. The van der Waals surface area contributed by atoms with Crippen molar-refractivity contribution in [3.63, 3.8) is 0 Å². The van der Waals surface area contributed by atoms with Crippen molar-refractivity contribution in [1.29, 1.82) is 0 Å². The van der Waals surface area contributed by atoms with Crippen molar-refractivity contribution in [2.24, 2.45) is 0 Å². The topological polar surface area (TPSA) is 67.2 Å². The molecule has 0 radical (unpaired) electrons. The first kappa shape index (κ1) is 14.3. The lowest BCUT2D eigenvalue weighted by Gasteiger charge is -2.19. The molecule has 20 heavy (non-hydrogen) atoms. The molecule has 106 valence electrons. The Labute approximate surface area is 118 Å². The minimum atomic E-state index is -0.284. The van der Waals surface area contributed by atoms with Gasteiger partial charge in [-0.2, -0.15) is 0 Å². The summed E-state index contributed by atoms with van der Waals surface area (Å²) in [5.74, 6) is 0.690. The minimum absolute atomic E-state index is 0.0534. The number of carbonyl (C=O) groups excluding carboxylic acids is 1. The standard InChI is InChI=1S/C15H19N3O2/c1-11(13-5-7-16-8-6-13)18-12(2)15(19)17-10-14-4-3-9-20-14/h3-9,11-12,18H,10H2,1-2H3,(H,17,19). The van der Waals surface area contributed by atoms with Crippen molar-refractivity contribution >= 4 is 5.91 Å². The monoisotopic (exact) mass is 273 g/mol. The summed E-state index contributed by atoms with van der Waals surface area (Å²) in [5, 5.41) is 6.09. The molecule has 0 aliphatic carbocycles. The first-order valence-corrected chi connectivity index (χ1v) is 6.63. The zero-order chi connectivity index (χ0) is 14.4. The van der Waals surface area contributed by atoms with Crippen molar-refractivity contribution in [3.05, 3.63) is 54.2 Å². The Balaban J connectivity index is 1.81. The normalized spacial score (nSPS) is 13.7. The molecule has 1 amide bonds. The molecule has 2 aromatic heterocycles. The van der Waals surface area contributed by atoms with Gasteiger partial charge in [-0.1, -0.05) is 0 Å². The van der Waals surface area contributed by atoms with E-state index in [1.807, 2.05) is 32.0 Å². The van der Waals surface area contributed by atoms with Gasteiger partial charge in [-0.05, 0) is 43.7 Å². The molecule has 2 rings (SSSR count). The summed E-state index contributed by atoms with van der Waals surface area (Å²) >= 11 is 0. The van der Waals surface area contributed by atoms with Crippen LogP contribution in [0.25, 0.3) is 0 Å². The van der Waals surface area contributed by atoms with Gasteiger partial charge in [-0.3, -0.25) is 15.1 Å². The van der Waals surface area contributed by atoms with Gasteiger partial charge in [0.05, 0.1) is 18.8 Å². The van der Waals surface area contributed by atoms with Gasteiger partial charge in [-0.15, -0.1) is 0 Å². The number of amides is 1. The number of nitrogens with zero attached hydrogens (tertiary/aromatic N) is 1. The third-order valence-corrected chi connectivity index (χ3v) is 3.12. The van der Waals surface area contributed by atoms with Gasteiger partial charge in [0.15, 0.2) is 0 Å². The van der Waals surface area contributed by atoms with Crippen LogP contribution >= 0.6 is 0 Å². The van der Waals surface area contributed by atoms with Crippen LogP contribution in [0.1, 0.15) is 31.2 Å². The van der Waals surface area contributed by atoms with Gasteiger partial charge in [0, 0.05) is 18.4 Å². The Kier molecular flexibility index (Phi) is 4.90. The highest BCUT2D eigenvalue weighted by atomic mass is 16.3. The molecule has 5 nitrogen and oxygen atoms in total. The summed E-state index contributed by atoms with van der Waals surface area (Å²) in [4.78, 5) is 16.0. The van der Waals surface area contributed by atoms with E-state index in [9.17, 15) is 4.79 Å². The van der Waals surface area contributed by atoms with Crippen molar-refractivity contribution in [2.75, 3.05) is 0 Å². The lowest BCUT2D eigenvalue weighted by molar-refractivity contribution is -0.123. The van der Waals surface area contributed by atoms with Gasteiger partial charge < -0.3 is 9.73 Å². The molecule has 0 fully saturated rings. The lowest BCUT2D eigenvalue weighted by atomic mass is 10.1. The van der Waals surface area contributed by atoms with E-state index in [4.69, 9.17) is 4.42 Å². The summed E-state index contributed by atoms with van der Waals surface area (Å²) in [6.07, 6.45) is 5.08. The van der Waals surface area contributed by atoms with E-state index in [-0.39, 0.29) is 18.0 Å². The Morgan fingerprint density at radius 1 is 1.30 bits per heavy atom. The smallest absolute Gasteiger partial charge is 0.237 e. The van der Waals surface area contributed by atoms with E-state index in [0.29, 0.717) is 6.54 Å². The fourth-order valence-corrected chi connectivity index (χ4v) is 1.94. The average Bonchev–Trinajstić information content (AvgIpc) is 2.98. The minimum Gasteiger partial charge on any atom is -0.467 e. The molecule has 0 spiro atoms. The van der Waals surface area contributed by atoms with E-state index >= 15 is 0 Å². The Morgan fingerprint density at radius 3 is 2.70 bits per heavy atom. The van der Waals surface area contributed by atoms with Crippen molar-refractivity contribution in [3.8, 4) is 0 Å². The van der Waals surface area contributed by atoms with Crippen LogP contribution in [0.4, 0.5) is 0 Å². The molecular weight excluding hydrogens is 254 g/mol. The number of hydrogen-bond donors (Lipinski definition) is 2. The van der Waals surface area contributed by atoms with E-state index in [1.165, 1.54) is 0 Å². The van der Waals surface area contributed by atoms with E-state index in [1.54, 1.807) is 24.7 Å². The maximum Gasteiger partial charge on any atom is 0.237 e. The van der Waals surface area contributed by atoms with Crippen molar-refractivity contribution in [2.45, 2.75) is 32.5 Å². The lowest BCUT2D eigenvalue weighted by Crippen LogP contribution is -2.42. The molecule has 2 unspecified atom stereocenters. The van der Waals surface area contributed by atoms with Crippen molar-refractivity contribution < 1.29 is 9.21 Å². The first-order valence-electron chi connectivity index (χ1n) is 6.63. The van der Waals surface area contributed by atoms with Crippen LogP contribution in [-0.2, 0) is 11.3 Å². The highest BCUT2D eigenvalue weighted by Gasteiger charge is 2.16. The van der Waals surface area contributed by atoms with Gasteiger partial charge in [0.2, 0.25) is 5.91 Å². The molecular formula is C15H19N3O2. The van der Waals surface area contributed by atoms with Crippen molar-refractivity contribution in [1.82, 2.24) is 15.6 Å². The number of hydrogen-bond acceptors (Lipinski definition) is 4. The number of nitrogens with one attached hydrogen (secondary N) is 2. The molecule has 2 aromatic rings. The molecule has 0 aromatic carbocycles. The number of furan rings is 1. The molecule has 2 heterocycles. The molecule has 5 heteroatoms. The fraction of sp³-hybridized carbons (Fsp3) is 0.333. The molecule has 2 N–H and O–H groups in total. The highest BCUT2D eigenvalue weighted by molar-refractivity contribution is 5.81. The Morgan fingerprint density at radius 2 is 2.05 bits per heavy atom. The number of carbonyl (C=O) groups is 1. The SMILES string of the molecule is CC(NC(C)c1ccncc1)C(=O)NCc1ccco1. The van der Waals surface area contributed by atoms with Crippen LogP contribution < -0.4 is 10.6 Å². The maximum absolute atomic E-state index is 12.0. The fourth-order valence-electron chi connectivity index (χ4n) is 1.94. The predicted octanol–water partition coefficient (Wildman–Crippen LogP) is 2.03. The molecule has 0 bridgehead atoms. The Bertz CT molecular complexity index is 525. The van der Waals surface area contributed by atoms with Crippen LogP contribution in [0.5, 0.6) is 0 Å². The first-order chi connectivity index (χ1) is 9.66. The zero-order valence-corrected chi connectivity index (χ0v) is 11.7. The second kappa shape index (κ2) is 6.86. The van der Waals surface area contributed by atoms with Gasteiger partial charge >= 0.3 is 0 Å². The predicted molar refractivity (Wildman–Crippen MR) is 75.8 cm³/mol. The van der Waals surface area contributed by atoms with Gasteiger partial charge in [0.25, 0.3) is 0 Å². The molecule has 2 atom stereocenters. The van der Waals surface area contributed by atoms with Crippen LogP contribution in [0.3, 0.4) is 0 Å². The molecule has 0 saturated heterocycles. The molecule has 0 aliphatic rings. The molecule has 0 saturated carbocycles.